The lowest BCUT2D eigenvalue weighted by Gasteiger charge is -2.34. The maximum Gasteiger partial charge on any atom is 0.253 e. The molecule has 1 saturated heterocycles. The quantitative estimate of drug-likeness (QED) is 0.683. The van der Waals surface area contributed by atoms with Crippen LogP contribution >= 0.6 is 0 Å². The lowest BCUT2D eigenvalue weighted by molar-refractivity contribution is 0.0624. The molecular formula is C21H26N6O. The van der Waals surface area contributed by atoms with E-state index in [1.807, 2.05) is 70.2 Å². The third-order valence-corrected chi connectivity index (χ3v) is 5.35. The Morgan fingerprint density at radius 2 is 1.96 bits per heavy atom. The molecule has 7 heteroatoms. The van der Waals surface area contributed by atoms with Crippen molar-refractivity contribution >= 4 is 5.91 Å². The molecule has 1 amide bonds. The Bertz CT molecular complexity index is 951. The molecule has 3 heterocycles. The maximum absolute atomic E-state index is 13.0. The lowest BCUT2D eigenvalue weighted by Crippen LogP contribution is -2.48. The van der Waals surface area contributed by atoms with Crippen molar-refractivity contribution in [2.45, 2.75) is 20.0 Å². The van der Waals surface area contributed by atoms with Crippen LogP contribution in [-0.4, -0.2) is 61.2 Å². The van der Waals surface area contributed by atoms with E-state index in [4.69, 9.17) is 0 Å². The first-order valence-electron chi connectivity index (χ1n) is 9.75. The van der Waals surface area contributed by atoms with Gasteiger partial charge in [-0.2, -0.15) is 5.10 Å². The molecule has 0 N–H and O–H groups in total. The Labute approximate surface area is 165 Å². The molecule has 0 spiro atoms. The van der Waals surface area contributed by atoms with Gasteiger partial charge in [-0.3, -0.25) is 14.4 Å². The van der Waals surface area contributed by atoms with Crippen LogP contribution in [0.1, 0.15) is 23.1 Å². The van der Waals surface area contributed by atoms with Gasteiger partial charge in [0.15, 0.2) is 0 Å². The number of aryl methyl sites for hydroxylation is 2. The molecule has 0 unspecified atom stereocenters. The number of carbonyl (C=O) groups is 1. The zero-order valence-corrected chi connectivity index (χ0v) is 16.5. The molecule has 7 nitrogen and oxygen atoms in total. The van der Waals surface area contributed by atoms with E-state index in [1.165, 1.54) is 0 Å². The lowest BCUT2D eigenvalue weighted by atomic mass is 10.1. The molecule has 1 aliphatic rings. The molecule has 28 heavy (non-hydrogen) atoms. The number of aromatic nitrogens is 4. The first-order chi connectivity index (χ1) is 13.6. The van der Waals surface area contributed by atoms with Crippen molar-refractivity contribution in [3.63, 3.8) is 0 Å². The zero-order valence-electron chi connectivity index (χ0n) is 16.5. The molecule has 0 saturated carbocycles. The number of piperazine rings is 1. The topological polar surface area (TPSA) is 59.2 Å². The molecule has 0 atom stereocenters. The summed E-state index contributed by atoms with van der Waals surface area (Å²) >= 11 is 0. The van der Waals surface area contributed by atoms with Gasteiger partial charge in [-0.25, -0.2) is 4.98 Å². The average Bonchev–Trinajstić information content (AvgIpc) is 3.37. The predicted molar refractivity (Wildman–Crippen MR) is 108 cm³/mol. The van der Waals surface area contributed by atoms with Crippen LogP contribution < -0.4 is 0 Å². The van der Waals surface area contributed by atoms with Crippen molar-refractivity contribution in [3.05, 3.63) is 60.4 Å². The number of imidazole rings is 1. The van der Waals surface area contributed by atoms with Crippen LogP contribution in [0.5, 0.6) is 0 Å². The molecule has 0 radical (unpaired) electrons. The van der Waals surface area contributed by atoms with E-state index in [-0.39, 0.29) is 5.91 Å². The monoisotopic (exact) mass is 378 g/mol. The van der Waals surface area contributed by atoms with Gasteiger partial charge in [-0.15, -0.1) is 0 Å². The van der Waals surface area contributed by atoms with Crippen molar-refractivity contribution in [1.29, 1.82) is 0 Å². The zero-order chi connectivity index (χ0) is 19.5. The van der Waals surface area contributed by atoms with Crippen molar-refractivity contribution < 1.29 is 4.79 Å². The number of benzene rings is 1. The second-order valence-corrected chi connectivity index (χ2v) is 7.19. The first kappa shape index (κ1) is 18.4. The summed E-state index contributed by atoms with van der Waals surface area (Å²) in [6.45, 7) is 6.92. The number of amides is 1. The summed E-state index contributed by atoms with van der Waals surface area (Å²) in [5, 5.41) is 4.33. The highest BCUT2D eigenvalue weighted by Crippen LogP contribution is 2.21. The van der Waals surface area contributed by atoms with Crippen LogP contribution in [0.2, 0.25) is 0 Å². The molecule has 0 aliphatic carbocycles. The van der Waals surface area contributed by atoms with E-state index in [9.17, 15) is 4.79 Å². The van der Waals surface area contributed by atoms with Gasteiger partial charge in [0.25, 0.3) is 5.91 Å². The Balaban J connectivity index is 1.40. The van der Waals surface area contributed by atoms with Gasteiger partial charge in [-0.05, 0) is 24.6 Å². The number of hydrogen-bond donors (Lipinski definition) is 0. The average molecular weight is 378 g/mol. The molecule has 0 bridgehead atoms. The first-order valence-corrected chi connectivity index (χ1v) is 9.75. The fourth-order valence-corrected chi connectivity index (χ4v) is 3.56. The van der Waals surface area contributed by atoms with Crippen LogP contribution in [0.3, 0.4) is 0 Å². The fraction of sp³-hybridized carbons (Fsp3) is 0.381. The van der Waals surface area contributed by atoms with E-state index in [0.717, 1.165) is 61.8 Å². The second-order valence-electron chi connectivity index (χ2n) is 7.19. The van der Waals surface area contributed by atoms with E-state index in [2.05, 4.69) is 21.9 Å². The second kappa shape index (κ2) is 7.98. The van der Waals surface area contributed by atoms with Gasteiger partial charge in [-0.1, -0.05) is 12.1 Å². The molecule has 2 aromatic heterocycles. The molecule has 4 rings (SSSR count). The summed E-state index contributed by atoms with van der Waals surface area (Å²) in [5.74, 6) is 1.15. The summed E-state index contributed by atoms with van der Waals surface area (Å²) in [6, 6.07) is 7.84. The van der Waals surface area contributed by atoms with Crippen LogP contribution in [0.15, 0.2) is 49.1 Å². The molecule has 3 aromatic rings. The van der Waals surface area contributed by atoms with Gasteiger partial charge in [0.1, 0.15) is 5.82 Å². The van der Waals surface area contributed by atoms with Crippen molar-refractivity contribution in [3.8, 4) is 11.1 Å². The van der Waals surface area contributed by atoms with Crippen molar-refractivity contribution in [2.24, 2.45) is 7.05 Å². The molecule has 1 aliphatic heterocycles. The summed E-state index contributed by atoms with van der Waals surface area (Å²) < 4.78 is 3.94. The van der Waals surface area contributed by atoms with E-state index in [1.54, 1.807) is 0 Å². The van der Waals surface area contributed by atoms with E-state index >= 15 is 0 Å². The Morgan fingerprint density at radius 3 is 2.64 bits per heavy atom. The Hall–Kier alpha value is -2.93. The largest absolute Gasteiger partial charge is 0.337 e. The number of hydrogen-bond acceptors (Lipinski definition) is 4. The molecule has 146 valence electrons. The summed E-state index contributed by atoms with van der Waals surface area (Å²) in [6.07, 6.45) is 7.65. The van der Waals surface area contributed by atoms with Crippen LogP contribution in [-0.2, 0) is 20.1 Å². The van der Waals surface area contributed by atoms with Gasteiger partial charge in [0.05, 0.1) is 12.7 Å². The van der Waals surface area contributed by atoms with Crippen LogP contribution in [0.4, 0.5) is 0 Å². The van der Waals surface area contributed by atoms with Crippen molar-refractivity contribution in [2.75, 3.05) is 26.2 Å². The van der Waals surface area contributed by atoms with Gasteiger partial charge < -0.3 is 9.47 Å². The maximum atomic E-state index is 13.0. The highest BCUT2D eigenvalue weighted by Gasteiger charge is 2.23. The van der Waals surface area contributed by atoms with Gasteiger partial charge in [0, 0.05) is 69.5 Å². The minimum Gasteiger partial charge on any atom is -0.337 e. The van der Waals surface area contributed by atoms with Gasteiger partial charge >= 0.3 is 0 Å². The van der Waals surface area contributed by atoms with Crippen molar-refractivity contribution in [1.82, 2.24) is 29.1 Å². The van der Waals surface area contributed by atoms with Crippen LogP contribution in [0, 0.1) is 0 Å². The highest BCUT2D eigenvalue weighted by atomic mass is 16.2. The number of nitrogens with zero attached hydrogens (tertiary/aromatic N) is 6. The summed E-state index contributed by atoms with van der Waals surface area (Å²) in [7, 11) is 2.01. The number of carbonyl (C=O) groups excluding carboxylic acids is 1. The Kier molecular flexibility index (Phi) is 5.25. The van der Waals surface area contributed by atoms with Gasteiger partial charge in [0.2, 0.25) is 0 Å². The number of rotatable bonds is 5. The van der Waals surface area contributed by atoms with E-state index in [0.29, 0.717) is 0 Å². The van der Waals surface area contributed by atoms with E-state index < -0.39 is 0 Å². The third kappa shape index (κ3) is 3.84. The SMILES string of the molecule is CCn1cc(-c2cccc(C(=O)N3CCN(Cc4nccn4C)CC3)c2)cn1. The highest BCUT2D eigenvalue weighted by molar-refractivity contribution is 5.95. The summed E-state index contributed by atoms with van der Waals surface area (Å²) in [4.78, 5) is 21.7. The standard InChI is InChI=1S/C21H26N6O/c1-3-27-15-19(14-23-27)17-5-4-6-18(13-17)21(28)26-11-9-25(10-12-26)16-20-22-7-8-24(20)2/h4-8,13-15H,3,9-12,16H2,1-2H3. The third-order valence-electron chi connectivity index (χ3n) is 5.35. The Morgan fingerprint density at radius 1 is 1.14 bits per heavy atom. The normalized spacial score (nSPS) is 15.1. The minimum absolute atomic E-state index is 0.0985. The fourth-order valence-electron chi connectivity index (χ4n) is 3.56. The summed E-state index contributed by atoms with van der Waals surface area (Å²) in [5.41, 5.74) is 2.80. The predicted octanol–water partition coefficient (Wildman–Crippen LogP) is 2.26. The smallest absolute Gasteiger partial charge is 0.253 e. The molecule has 1 fully saturated rings. The van der Waals surface area contributed by atoms with Crippen LogP contribution in [0.25, 0.3) is 11.1 Å². The molecule has 1 aromatic carbocycles. The molecular weight excluding hydrogens is 352 g/mol. The minimum atomic E-state index is 0.0985.